The van der Waals surface area contributed by atoms with Crippen LogP contribution in [0.4, 0.5) is 0 Å². The van der Waals surface area contributed by atoms with Crippen molar-refractivity contribution in [3.05, 3.63) is 0 Å². The monoisotopic (exact) mass is 992 g/mol. The van der Waals surface area contributed by atoms with Gasteiger partial charge in [-0.1, -0.05) is 0 Å². The molecule has 0 radical (unpaired) electrons. The fraction of sp³-hybridized carbons (Fsp3) is 0. The van der Waals surface area contributed by atoms with Gasteiger partial charge in [0.2, 0.25) is 0 Å². The van der Waals surface area contributed by atoms with Gasteiger partial charge in [0.1, 0.15) is 0 Å². The van der Waals surface area contributed by atoms with Crippen LogP contribution >= 0.6 is 0 Å². The van der Waals surface area contributed by atoms with E-state index in [0.29, 0.717) is 0 Å². The Morgan fingerprint density at radius 2 is 0.571 bits per heavy atom. The van der Waals surface area contributed by atoms with Gasteiger partial charge in [0.05, 0.1) is 0 Å². The van der Waals surface area contributed by atoms with E-state index in [2.05, 4.69) is 0 Å². The Bertz CT molecular complexity index is 213. The Hall–Kier alpha value is 3.26. The summed E-state index contributed by atoms with van der Waals surface area (Å²) < 4.78 is 73.8. The first-order chi connectivity index (χ1) is 5.20. The summed E-state index contributed by atoms with van der Waals surface area (Å²) in [5.74, 6) is 0. The normalized spacial score (nSPS) is 5.36. The van der Waals surface area contributed by atoms with Gasteiger partial charge in [0.25, 0.3) is 0 Å². The van der Waals surface area contributed by atoms with Crippen LogP contribution in [-0.4, -0.2) is 82.5 Å². The maximum atomic E-state index is 8.73. The predicted octanol–water partition coefficient (Wildman–Crippen LogP) is -4.49. The molecule has 0 rings (SSSR count). The van der Waals surface area contributed by atoms with Crippen LogP contribution in [0.5, 0.6) is 0 Å². The zero-order valence-electron chi connectivity index (χ0n) is 5.84. The summed E-state index contributed by atoms with van der Waals surface area (Å²) in [6, 6.07) is 0. The van der Waals surface area contributed by atoms with E-state index in [9.17, 15) is 0 Å². The van der Waals surface area contributed by atoms with E-state index in [1.807, 2.05) is 0 Å². The molecule has 0 aromatic carbocycles. The maximum absolute atomic E-state index is 8.73. The topological polar surface area (TPSA) is 163 Å². The molecule has 14 heavy (non-hydrogen) atoms. The quantitative estimate of drug-likeness (QED) is 0.204. The Kier molecular flexibility index (Phi) is 54.6. The van der Waals surface area contributed by atoms with Crippen molar-refractivity contribution in [3.8, 4) is 0 Å². The van der Waals surface area contributed by atoms with Crippen LogP contribution in [0, 0.1) is 0 Å². The van der Waals surface area contributed by atoms with E-state index in [1.165, 1.54) is 0 Å². The average molecular weight is 991 g/mol. The molecule has 0 amide bonds. The van der Waals surface area contributed by atoms with Crippen molar-refractivity contribution in [3.63, 3.8) is 0 Å². The summed E-state index contributed by atoms with van der Waals surface area (Å²) in [6.45, 7) is 0. The summed E-state index contributed by atoms with van der Waals surface area (Å²) in [4.78, 5) is 0. The third kappa shape index (κ3) is 291. The van der Waals surface area contributed by atoms with Gasteiger partial charge in [-0.3, -0.25) is 0 Å². The van der Waals surface area contributed by atoms with Crippen molar-refractivity contribution in [2.75, 3.05) is 0 Å². The van der Waals surface area contributed by atoms with Gasteiger partial charge in [0.15, 0.2) is 0 Å². The average Bonchev–Trinajstić information content (AvgIpc) is 1.54. The molecule has 0 fully saturated rings. The molecule has 0 heterocycles. The molecule has 0 spiro atoms. The molecule has 84 valence electrons. The molecule has 0 aromatic rings. The Labute approximate surface area is 155 Å². The van der Waals surface area contributed by atoms with E-state index < -0.39 is 56.4 Å². The molecule has 0 atom stereocenters. The molecule has 14 heteroatoms. The van der Waals surface area contributed by atoms with E-state index in [-0.39, 0.29) is 71.7 Å². The molecule has 0 saturated carbocycles. The summed E-state index contributed by atoms with van der Waals surface area (Å²) in [5, 5.41) is 0. The standard InChI is InChI=1S/Bi.3H2O.6O.Sr.3Ta.5H/h;3*1H2;;;;;;;;;;;;;;;/q;;;;;;;;;;;3*+1;;;;;/p-3. The van der Waals surface area contributed by atoms with E-state index >= 15 is 0 Å². The number of hydrogen-bond acceptors (Lipinski definition) is 6. The Morgan fingerprint density at radius 1 is 0.571 bits per heavy atom. The van der Waals surface area contributed by atoms with Crippen LogP contribution in [0.2, 0.25) is 0 Å². The van der Waals surface area contributed by atoms with Crippen molar-refractivity contribution in [2.24, 2.45) is 0 Å². The first-order valence-electron chi connectivity index (χ1n) is 1.70. The molecule has 9 nitrogen and oxygen atoms in total. The van der Waals surface area contributed by atoms with Crippen LogP contribution in [0.25, 0.3) is 0 Å². The van der Waals surface area contributed by atoms with Crippen molar-refractivity contribution >= 4 is 71.7 Å². The third-order valence-electron chi connectivity index (χ3n) is 0. The molecular formula is H8BiO9SrTa3. The first kappa shape index (κ1) is 30.4. The van der Waals surface area contributed by atoms with Gasteiger partial charge in [-0.2, -0.15) is 0 Å². The number of rotatable bonds is 0. The van der Waals surface area contributed by atoms with Crippen LogP contribution in [0.3, 0.4) is 0 Å². The van der Waals surface area contributed by atoms with Crippen molar-refractivity contribution in [2.45, 2.75) is 0 Å². The van der Waals surface area contributed by atoms with E-state index in [0.717, 1.165) is 0 Å². The second kappa shape index (κ2) is 25.2. The van der Waals surface area contributed by atoms with Crippen LogP contribution in [0.15, 0.2) is 0 Å². The molecule has 0 aliphatic heterocycles. The zero-order chi connectivity index (χ0) is 10.7. The molecule has 0 saturated heterocycles. The second-order valence-electron chi connectivity index (χ2n) is 0.714. The summed E-state index contributed by atoms with van der Waals surface area (Å²) >= 11 is -12.3. The first-order valence-corrected chi connectivity index (χ1v) is 13.9. The van der Waals surface area contributed by atoms with Gasteiger partial charge < -0.3 is 0 Å². The van der Waals surface area contributed by atoms with Gasteiger partial charge in [-0.15, -0.1) is 0 Å². The Morgan fingerprint density at radius 3 is 0.571 bits per heavy atom. The zero-order valence-corrected chi connectivity index (χ0v) is 21.0. The van der Waals surface area contributed by atoms with Crippen LogP contribution in [0.1, 0.15) is 0 Å². The van der Waals surface area contributed by atoms with E-state index in [1.54, 1.807) is 0 Å². The summed E-state index contributed by atoms with van der Waals surface area (Å²) in [5.41, 5.74) is 0. The molecule has 0 aromatic heterocycles. The van der Waals surface area contributed by atoms with Crippen molar-refractivity contribution in [1.82, 2.24) is 0 Å². The molecule has 3 N–H and O–H groups in total. The van der Waals surface area contributed by atoms with Crippen LogP contribution < -0.4 is 0 Å². The Balaban J connectivity index is -0.0000000270. The molecule has 0 bridgehead atoms. The van der Waals surface area contributed by atoms with Gasteiger partial charge in [-0.25, -0.2) is 0 Å². The van der Waals surface area contributed by atoms with Gasteiger partial charge >= 0.3 is 158 Å². The van der Waals surface area contributed by atoms with Crippen LogP contribution in [-0.2, 0) is 75.9 Å². The minimum absolute atomic E-state index is 0. The van der Waals surface area contributed by atoms with Gasteiger partial charge in [-0.05, 0) is 0 Å². The second-order valence-corrected chi connectivity index (χ2v) is 5.84. The molecule has 0 unspecified atom stereocenters. The molecule has 0 aliphatic rings. The van der Waals surface area contributed by atoms with Crippen molar-refractivity contribution < 1.29 is 86.7 Å². The fourth-order valence-electron chi connectivity index (χ4n) is 0. The van der Waals surface area contributed by atoms with E-state index in [4.69, 9.17) is 30.3 Å². The SMILES string of the molecule is [BiH3].[O]=[Ta](=[O])[OH].[O]=[Ta](=[O])[OH].[O]=[Ta](=[O])[OH].[SrH2]. The van der Waals surface area contributed by atoms with Crippen molar-refractivity contribution in [1.29, 1.82) is 0 Å². The predicted molar refractivity (Wildman–Crippen MR) is 29.3 cm³/mol. The number of hydrogen-bond donors (Lipinski definition) is 3. The minimum atomic E-state index is -4.09. The molecule has 0 aliphatic carbocycles. The fourth-order valence-corrected chi connectivity index (χ4v) is 0. The third-order valence-corrected chi connectivity index (χ3v) is 0. The van der Waals surface area contributed by atoms with Gasteiger partial charge in [0, 0.05) is 0 Å². The summed E-state index contributed by atoms with van der Waals surface area (Å²) in [7, 11) is 0. The molecular weight excluding hydrogens is 983 g/mol. The summed E-state index contributed by atoms with van der Waals surface area (Å²) in [6.07, 6.45) is 0.